The van der Waals surface area contributed by atoms with Crippen molar-refractivity contribution < 1.29 is 4.74 Å². The van der Waals surface area contributed by atoms with E-state index in [9.17, 15) is 0 Å². The molecule has 0 aliphatic carbocycles. The Morgan fingerprint density at radius 3 is 2.62 bits per heavy atom. The molecule has 90 valence electrons. The summed E-state index contributed by atoms with van der Waals surface area (Å²) in [6, 6.07) is 6.76. The van der Waals surface area contributed by atoms with Crippen LogP contribution in [0.25, 0.3) is 0 Å². The SMILES string of the molecule is CCCC(COc1ccc(C)cc1C)NC. The molecule has 1 atom stereocenters. The number of hydrogen-bond acceptors (Lipinski definition) is 2. The predicted molar refractivity (Wildman–Crippen MR) is 69.2 cm³/mol. The van der Waals surface area contributed by atoms with Gasteiger partial charge in [-0.05, 0) is 38.9 Å². The maximum atomic E-state index is 5.83. The summed E-state index contributed by atoms with van der Waals surface area (Å²) in [5, 5.41) is 3.28. The van der Waals surface area contributed by atoms with Crippen molar-refractivity contribution in [2.75, 3.05) is 13.7 Å². The molecule has 0 fully saturated rings. The minimum atomic E-state index is 0.450. The van der Waals surface area contributed by atoms with Gasteiger partial charge in [-0.3, -0.25) is 0 Å². The minimum Gasteiger partial charge on any atom is -0.492 e. The summed E-state index contributed by atoms with van der Waals surface area (Å²) in [6.07, 6.45) is 2.34. The molecule has 0 spiro atoms. The first-order valence-corrected chi connectivity index (χ1v) is 6.04. The minimum absolute atomic E-state index is 0.450. The van der Waals surface area contributed by atoms with Crippen LogP contribution in [0.5, 0.6) is 5.75 Å². The van der Waals surface area contributed by atoms with Gasteiger partial charge >= 0.3 is 0 Å². The Balaban J connectivity index is 2.53. The molecule has 1 aromatic rings. The highest BCUT2D eigenvalue weighted by atomic mass is 16.5. The van der Waals surface area contributed by atoms with Crippen LogP contribution in [0, 0.1) is 13.8 Å². The van der Waals surface area contributed by atoms with Crippen LogP contribution in [0.15, 0.2) is 18.2 Å². The first-order chi connectivity index (χ1) is 7.67. The lowest BCUT2D eigenvalue weighted by Gasteiger charge is -2.17. The average molecular weight is 221 g/mol. The largest absolute Gasteiger partial charge is 0.492 e. The third-order valence-corrected chi connectivity index (χ3v) is 2.82. The second kappa shape index (κ2) is 6.54. The highest BCUT2D eigenvalue weighted by molar-refractivity contribution is 5.35. The number of hydrogen-bond donors (Lipinski definition) is 1. The summed E-state index contributed by atoms with van der Waals surface area (Å²) in [5.41, 5.74) is 2.50. The summed E-state index contributed by atoms with van der Waals surface area (Å²) in [4.78, 5) is 0. The molecular formula is C14H23NO. The third kappa shape index (κ3) is 3.86. The zero-order valence-electron chi connectivity index (χ0n) is 10.8. The van der Waals surface area contributed by atoms with Crippen molar-refractivity contribution in [2.45, 2.75) is 39.7 Å². The number of nitrogens with one attached hydrogen (secondary N) is 1. The van der Waals surface area contributed by atoms with Gasteiger partial charge in [-0.25, -0.2) is 0 Å². The van der Waals surface area contributed by atoms with Crippen molar-refractivity contribution >= 4 is 0 Å². The van der Waals surface area contributed by atoms with Crippen LogP contribution in [0.1, 0.15) is 30.9 Å². The van der Waals surface area contributed by atoms with Gasteiger partial charge in [-0.15, -0.1) is 0 Å². The molecule has 0 saturated carbocycles. The molecule has 1 N–H and O–H groups in total. The highest BCUT2D eigenvalue weighted by Crippen LogP contribution is 2.19. The lowest BCUT2D eigenvalue weighted by molar-refractivity contribution is 0.261. The Bertz CT molecular complexity index is 323. The first-order valence-electron chi connectivity index (χ1n) is 6.04. The summed E-state index contributed by atoms with van der Waals surface area (Å²) < 4.78 is 5.83. The summed E-state index contributed by atoms with van der Waals surface area (Å²) in [5.74, 6) is 1.00. The number of rotatable bonds is 6. The van der Waals surface area contributed by atoms with Crippen LogP contribution >= 0.6 is 0 Å². The molecule has 0 radical (unpaired) electrons. The summed E-state index contributed by atoms with van der Waals surface area (Å²) in [7, 11) is 1.99. The molecule has 16 heavy (non-hydrogen) atoms. The smallest absolute Gasteiger partial charge is 0.122 e. The van der Waals surface area contributed by atoms with Gasteiger partial charge in [0.2, 0.25) is 0 Å². The monoisotopic (exact) mass is 221 g/mol. The van der Waals surface area contributed by atoms with Crippen molar-refractivity contribution in [1.82, 2.24) is 5.32 Å². The Labute approximate surface area is 99.0 Å². The van der Waals surface area contributed by atoms with E-state index in [-0.39, 0.29) is 0 Å². The van der Waals surface area contributed by atoms with E-state index in [4.69, 9.17) is 4.74 Å². The van der Waals surface area contributed by atoms with Gasteiger partial charge in [-0.2, -0.15) is 0 Å². The van der Waals surface area contributed by atoms with Crippen LogP contribution in [0.4, 0.5) is 0 Å². The second-order valence-corrected chi connectivity index (χ2v) is 4.35. The molecule has 2 nitrogen and oxygen atoms in total. The first kappa shape index (κ1) is 13.0. The van der Waals surface area contributed by atoms with Gasteiger partial charge in [0.1, 0.15) is 12.4 Å². The molecule has 0 aliphatic rings. The fraction of sp³-hybridized carbons (Fsp3) is 0.571. The van der Waals surface area contributed by atoms with Crippen molar-refractivity contribution in [1.29, 1.82) is 0 Å². The molecule has 0 amide bonds. The molecule has 0 aliphatic heterocycles. The third-order valence-electron chi connectivity index (χ3n) is 2.82. The van der Waals surface area contributed by atoms with E-state index >= 15 is 0 Å². The van der Waals surface area contributed by atoms with E-state index in [2.05, 4.69) is 44.3 Å². The Hall–Kier alpha value is -1.02. The van der Waals surface area contributed by atoms with Gasteiger partial charge < -0.3 is 10.1 Å². The second-order valence-electron chi connectivity index (χ2n) is 4.35. The van der Waals surface area contributed by atoms with Crippen LogP contribution in [-0.4, -0.2) is 19.7 Å². The molecule has 0 saturated heterocycles. The van der Waals surface area contributed by atoms with Gasteiger partial charge in [0.05, 0.1) is 0 Å². The van der Waals surface area contributed by atoms with Crippen molar-refractivity contribution in [3.05, 3.63) is 29.3 Å². The van der Waals surface area contributed by atoms with Gasteiger partial charge in [-0.1, -0.05) is 31.0 Å². The zero-order valence-corrected chi connectivity index (χ0v) is 10.8. The molecule has 2 heteroatoms. The van der Waals surface area contributed by atoms with E-state index in [0.717, 1.165) is 18.8 Å². The van der Waals surface area contributed by atoms with E-state index < -0.39 is 0 Å². The van der Waals surface area contributed by atoms with Gasteiger partial charge in [0, 0.05) is 6.04 Å². The van der Waals surface area contributed by atoms with Gasteiger partial charge in [0.15, 0.2) is 0 Å². The van der Waals surface area contributed by atoms with Crippen molar-refractivity contribution in [3.63, 3.8) is 0 Å². The average Bonchev–Trinajstić information content (AvgIpc) is 2.26. The van der Waals surface area contributed by atoms with Crippen LogP contribution < -0.4 is 10.1 Å². The fourth-order valence-corrected chi connectivity index (χ4v) is 1.81. The normalized spacial score (nSPS) is 12.5. The Morgan fingerprint density at radius 2 is 2.06 bits per heavy atom. The summed E-state index contributed by atoms with van der Waals surface area (Å²) >= 11 is 0. The molecule has 0 bridgehead atoms. The van der Waals surface area contributed by atoms with Crippen molar-refractivity contribution in [2.24, 2.45) is 0 Å². The summed E-state index contributed by atoms with van der Waals surface area (Å²) in [6.45, 7) is 7.14. The van der Waals surface area contributed by atoms with Gasteiger partial charge in [0.25, 0.3) is 0 Å². The molecular weight excluding hydrogens is 198 g/mol. The maximum Gasteiger partial charge on any atom is 0.122 e. The fourth-order valence-electron chi connectivity index (χ4n) is 1.81. The number of benzene rings is 1. The standard InChI is InChI=1S/C14H23NO/c1-5-6-13(15-4)10-16-14-8-7-11(2)9-12(14)3/h7-9,13,15H,5-6,10H2,1-4H3. The van der Waals surface area contributed by atoms with Crippen LogP contribution in [-0.2, 0) is 0 Å². The zero-order chi connectivity index (χ0) is 12.0. The molecule has 1 aromatic carbocycles. The Kier molecular flexibility index (Phi) is 5.33. The maximum absolute atomic E-state index is 5.83. The lowest BCUT2D eigenvalue weighted by Crippen LogP contribution is -2.31. The number of likely N-dealkylation sites (N-methyl/N-ethyl adjacent to an activating group) is 1. The quantitative estimate of drug-likeness (QED) is 0.797. The van der Waals surface area contributed by atoms with E-state index in [1.165, 1.54) is 17.5 Å². The molecule has 0 heterocycles. The predicted octanol–water partition coefficient (Wildman–Crippen LogP) is 3.07. The van der Waals surface area contributed by atoms with E-state index in [0.29, 0.717) is 6.04 Å². The lowest BCUT2D eigenvalue weighted by atomic mass is 10.1. The number of aryl methyl sites for hydroxylation is 2. The molecule has 1 unspecified atom stereocenters. The van der Waals surface area contributed by atoms with Crippen LogP contribution in [0.2, 0.25) is 0 Å². The Morgan fingerprint density at radius 1 is 1.31 bits per heavy atom. The topological polar surface area (TPSA) is 21.3 Å². The highest BCUT2D eigenvalue weighted by Gasteiger charge is 2.06. The van der Waals surface area contributed by atoms with Crippen molar-refractivity contribution in [3.8, 4) is 5.75 Å². The van der Waals surface area contributed by atoms with Crippen LogP contribution in [0.3, 0.4) is 0 Å². The molecule has 1 rings (SSSR count). The molecule has 0 aromatic heterocycles. The van der Waals surface area contributed by atoms with E-state index in [1.54, 1.807) is 0 Å². The van der Waals surface area contributed by atoms with E-state index in [1.807, 2.05) is 7.05 Å². The number of ether oxygens (including phenoxy) is 1.